The third-order valence-corrected chi connectivity index (χ3v) is 4.81. The molecule has 1 aromatic carbocycles. The number of ketones is 1. The average Bonchev–Trinajstić information content (AvgIpc) is 2.60. The molecule has 0 unspecified atom stereocenters. The summed E-state index contributed by atoms with van der Waals surface area (Å²) in [5, 5.41) is 22.0. The molecule has 1 aliphatic rings. The number of hydrogen-bond acceptors (Lipinski definition) is 8. The van der Waals surface area contributed by atoms with Crippen molar-refractivity contribution < 1.29 is 33.9 Å². The number of ether oxygens (including phenoxy) is 2. The molecule has 0 heterocycles. The second-order valence-corrected chi connectivity index (χ2v) is 6.84. The molecule has 0 bridgehead atoms. The van der Waals surface area contributed by atoms with Gasteiger partial charge in [0.15, 0.2) is 5.78 Å². The molecule has 1 aromatic rings. The van der Waals surface area contributed by atoms with Crippen LogP contribution in [0.1, 0.15) is 38.7 Å². The lowest BCUT2D eigenvalue weighted by molar-refractivity contribution is -0.385. The van der Waals surface area contributed by atoms with Gasteiger partial charge in [0.2, 0.25) is 0 Å². The number of benzene rings is 1. The van der Waals surface area contributed by atoms with Crippen molar-refractivity contribution in [1.29, 1.82) is 0 Å². The lowest BCUT2D eigenvalue weighted by Crippen LogP contribution is -2.55. The van der Waals surface area contributed by atoms with Gasteiger partial charge < -0.3 is 14.6 Å². The molecule has 0 amide bonds. The van der Waals surface area contributed by atoms with Crippen LogP contribution in [0, 0.1) is 22.0 Å². The highest BCUT2D eigenvalue weighted by atomic mass is 16.6. The van der Waals surface area contributed by atoms with Gasteiger partial charge in [0.1, 0.15) is 5.92 Å². The molecule has 28 heavy (non-hydrogen) atoms. The molecule has 1 N–H and O–H groups in total. The van der Waals surface area contributed by atoms with Crippen molar-refractivity contribution in [3.63, 3.8) is 0 Å². The molecule has 0 saturated heterocycles. The van der Waals surface area contributed by atoms with Crippen LogP contribution in [0.3, 0.4) is 0 Å². The van der Waals surface area contributed by atoms with Crippen molar-refractivity contribution in [2.75, 3.05) is 13.2 Å². The van der Waals surface area contributed by atoms with Crippen molar-refractivity contribution in [2.24, 2.45) is 11.8 Å². The Morgan fingerprint density at radius 1 is 1.25 bits per heavy atom. The lowest BCUT2D eigenvalue weighted by atomic mass is 9.61. The lowest BCUT2D eigenvalue weighted by Gasteiger charge is -2.43. The SMILES string of the molecule is CCOC(=O)[C@H]1C(=O)C[C@](C)(O)[C@@H](C(=O)OCC)[C@H]1c1cccc([N+](=O)[O-])c1. The van der Waals surface area contributed by atoms with E-state index in [-0.39, 0.29) is 24.5 Å². The number of aliphatic hydroxyl groups is 1. The fourth-order valence-corrected chi connectivity index (χ4v) is 3.73. The minimum atomic E-state index is -1.79. The first-order valence-corrected chi connectivity index (χ1v) is 8.96. The Labute approximate surface area is 161 Å². The Morgan fingerprint density at radius 2 is 1.86 bits per heavy atom. The highest BCUT2D eigenvalue weighted by molar-refractivity contribution is 6.02. The number of carbonyl (C=O) groups is 3. The maximum absolute atomic E-state index is 12.7. The number of nitro groups is 1. The van der Waals surface area contributed by atoms with E-state index in [1.54, 1.807) is 13.8 Å². The summed E-state index contributed by atoms with van der Waals surface area (Å²) < 4.78 is 10.1. The van der Waals surface area contributed by atoms with Gasteiger partial charge in [-0.15, -0.1) is 0 Å². The molecule has 2 rings (SSSR count). The zero-order chi connectivity index (χ0) is 21.1. The maximum Gasteiger partial charge on any atom is 0.317 e. The van der Waals surface area contributed by atoms with Gasteiger partial charge in [0.25, 0.3) is 5.69 Å². The molecule has 4 atom stereocenters. The van der Waals surface area contributed by atoms with Crippen LogP contribution in [0.25, 0.3) is 0 Å². The first-order valence-electron chi connectivity index (χ1n) is 8.96. The highest BCUT2D eigenvalue weighted by Gasteiger charge is 2.57. The monoisotopic (exact) mass is 393 g/mol. The zero-order valence-electron chi connectivity index (χ0n) is 15.9. The predicted molar refractivity (Wildman–Crippen MR) is 96.3 cm³/mol. The largest absolute Gasteiger partial charge is 0.466 e. The van der Waals surface area contributed by atoms with E-state index in [2.05, 4.69) is 0 Å². The van der Waals surface area contributed by atoms with Gasteiger partial charge in [0, 0.05) is 24.5 Å². The van der Waals surface area contributed by atoms with Crippen molar-refractivity contribution in [2.45, 2.75) is 38.7 Å². The Balaban J connectivity index is 2.67. The molecule has 9 heteroatoms. The van der Waals surface area contributed by atoms with Crippen LogP contribution in [0.15, 0.2) is 24.3 Å². The molecule has 0 radical (unpaired) electrons. The van der Waals surface area contributed by atoms with Gasteiger partial charge in [-0.05, 0) is 26.3 Å². The molecule has 152 valence electrons. The molecular formula is C19H23NO8. The maximum atomic E-state index is 12.7. The second-order valence-electron chi connectivity index (χ2n) is 6.84. The van der Waals surface area contributed by atoms with E-state index in [0.717, 1.165) is 0 Å². The fourth-order valence-electron chi connectivity index (χ4n) is 3.73. The Hall–Kier alpha value is -2.81. The van der Waals surface area contributed by atoms with E-state index in [4.69, 9.17) is 9.47 Å². The number of rotatable bonds is 6. The Kier molecular flexibility index (Phi) is 6.50. The van der Waals surface area contributed by atoms with Gasteiger partial charge in [-0.1, -0.05) is 12.1 Å². The third-order valence-electron chi connectivity index (χ3n) is 4.81. The van der Waals surface area contributed by atoms with Crippen LogP contribution in [-0.2, 0) is 23.9 Å². The van der Waals surface area contributed by atoms with E-state index >= 15 is 0 Å². The first kappa shape index (κ1) is 21.5. The van der Waals surface area contributed by atoms with Crippen molar-refractivity contribution >= 4 is 23.4 Å². The average molecular weight is 393 g/mol. The zero-order valence-corrected chi connectivity index (χ0v) is 15.9. The summed E-state index contributed by atoms with van der Waals surface area (Å²) in [6.45, 7) is 4.53. The predicted octanol–water partition coefficient (Wildman–Crippen LogP) is 1.76. The minimum absolute atomic E-state index is 0.0186. The number of nitro benzene ring substituents is 1. The summed E-state index contributed by atoms with van der Waals surface area (Å²) in [5.41, 5.74) is -1.85. The summed E-state index contributed by atoms with van der Waals surface area (Å²) in [6, 6.07) is 5.32. The summed E-state index contributed by atoms with van der Waals surface area (Å²) in [7, 11) is 0. The van der Waals surface area contributed by atoms with Crippen LogP contribution in [0.2, 0.25) is 0 Å². The molecule has 9 nitrogen and oxygen atoms in total. The molecule has 0 aromatic heterocycles. The van der Waals surface area contributed by atoms with Crippen molar-refractivity contribution in [1.82, 2.24) is 0 Å². The number of Topliss-reactive ketones (excluding diaryl/α,β-unsaturated/α-hetero) is 1. The van der Waals surface area contributed by atoms with Gasteiger partial charge >= 0.3 is 11.9 Å². The number of non-ortho nitro benzene ring substituents is 1. The molecule has 0 spiro atoms. The molecule has 1 fully saturated rings. The summed E-state index contributed by atoms with van der Waals surface area (Å²) in [6.07, 6.45) is -0.439. The van der Waals surface area contributed by atoms with E-state index in [0.29, 0.717) is 0 Å². The van der Waals surface area contributed by atoms with E-state index in [1.165, 1.54) is 31.2 Å². The van der Waals surface area contributed by atoms with E-state index in [1.807, 2.05) is 0 Å². The summed E-state index contributed by atoms with van der Waals surface area (Å²) >= 11 is 0. The molecule has 1 aliphatic carbocycles. The summed E-state index contributed by atoms with van der Waals surface area (Å²) in [5.74, 6) is -6.03. The Morgan fingerprint density at radius 3 is 2.43 bits per heavy atom. The van der Waals surface area contributed by atoms with E-state index in [9.17, 15) is 29.6 Å². The quantitative estimate of drug-likeness (QED) is 0.334. The first-order chi connectivity index (χ1) is 13.1. The number of carbonyl (C=O) groups excluding carboxylic acids is 3. The molecule has 1 saturated carbocycles. The van der Waals surface area contributed by atoms with Crippen LogP contribution >= 0.6 is 0 Å². The van der Waals surface area contributed by atoms with Crippen LogP contribution < -0.4 is 0 Å². The Bertz CT molecular complexity index is 788. The topological polar surface area (TPSA) is 133 Å². The van der Waals surface area contributed by atoms with Gasteiger partial charge in [-0.25, -0.2) is 0 Å². The number of esters is 2. The standard InChI is InChI=1S/C19H23NO8/c1-4-27-17(22)15-13(21)10-19(3,24)16(18(23)28-5-2)14(15)11-7-6-8-12(9-11)20(25)26/h6-9,14-16,24H,4-5,10H2,1-3H3/t14-,15-,16+,19-/m0/s1. The summed E-state index contributed by atoms with van der Waals surface area (Å²) in [4.78, 5) is 48.5. The number of hydrogen-bond donors (Lipinski definition) is 1. The molecule has 0 aliphatic heterocycles. The van der Waals surface area contributed by atoms with Crippen molar-refractivity contribution in [3.8, 4) is 0 Å². The smallest absolute Gasteiger partial charge is 0.317 e. The van der Waals surface area contributed by atoms with Gasteiger partial charge in [0.05, 0.1) is 29.7 Å². The minimum Gasteiger partial charge on any atom is -0.466 e. The van der Waals surface area contributed by atoms with Gasteiger partial charge in [-0.3, -0.25) is 24.5 Å². The van der Waals surface area contributed by atoms with Crippen LogP contribution in [-0.4, -0.2) is 46.6 Å². The van der Waals surface area contributed by atoms with Crippen LogP contribution in [0.4, 0.5) is 5.69 Å². The van der Waals surface area contributed by atoms with E-state index < -0.39 is 52.4 Å². The third kappa shape index (κ3) is 4.19. The van der Waals surface area contributed by atoms with Gasteiger partial charge in [-0.2, -0.15) is 0 Å². The van der Waals surface area contributed by atoms with Crippen LogP contribution in [0.5, 0.6) is 0 Å². The highest BCUT2D eigenvalue weighted by Crippen LogP contribution is 2.47. The number of nitrogens with zero attached hydrogens (tertiary/aromatic N) is 1. The normalized spacial score (nSPS) is 27.1. The fraction of sp³-hybridized carbons (Fsp3) is 0.526. The molecular weight excluding hydrogens is 370 g/mol. The van der Waals surface area contributed by atoms with Crippen molar-refractivity contribution in [3.05, 3.63) is 39.9 Å². The second kappa shape index (κ2) is 8.47.